The van der Waals surface area contributed by atoms with Gasteiger partial charge in [0.2, 0.25) is 0 Å². The Bertz CT molecular complexity index is 453. The number of rotatable bonds is 5. The average molecular weight is 262 g/mol. The molecule has 0 spiro atoms. The third kappa shape index (κ3) is 3.32. The largest absolute Gasteiger partial charge is 0.307 e. The highest BCUT2D eigenvalue weighted by molar-refractivity contribution is 5.35. The predicted octanol–water partition coefficient (Wildman–Crippen LogP) is 3.68. The van der Waals surface area contributed by atoms with Gasteiger partial charge in [0, 0.05) is 24.2 Å². The summed E-state index contributed by atoms with van der Waals surface area (Å²) in [4.78, 5) is 10.4. The first-order valence-corrected chi connectivity index (χ1v) is 6.97. The van der Waals surface area contributed by atoms with Gasteiger partial charge in [-0.3, -0.25) is 10.1 Å². The van der Waals surface area contributed by atoms with Crippen molar-refractivity contribution in [2.45, 2.75) is 45.7 Å². The topological polar surface area (TPSA) is 55.2 Å². The Morgan fingerprint density at radius 1 is 1.32 bits per heavy atom. The molecule has 0 aromatic heterocycles. The van der Waals surface area contributed by atoms with Crippen LogP contribution in [0.15, 0.2) is 24.3 Å². The lowest BCUT2D eigenvalue weighted by Crippen LogP contribution is -2.43. The Labute approximate surface area is 114 Å². The fourth-order valence-corrected chi connectivity index (χ4v) is 2.70. The van der Waals surface area contributed by atoms with Crippen LogP contribution in [0.5, 0.6) is 0 Å². The van der Waals surface area contributed by atoms with Crippen LogP contribution in [0.25, 0.3) is 0 Å². The van der Waals surface area contributed by atoms with Gasteiger partial charge in [-0.1, -0.05) is 26.0 Å². The SMILES string of the molecule is CC(NC1CC(C(C)C)C1)c1cccc([N+](=O)[O-])c1. The van der Waals surface area contributed by atoms with Crippen LogP contribution in [0.1, 0.15) is 45.2 Å². The molecule has 0 saturated heterocycles. The average Bonchev–Trinajstić information content (AvgIpc) is 2.32. The molecule has 0 bridgehead atoms. The minimum Gasteiger partial charge on any atom is -0.307 e. The Balaban J connectivity index is 1.92. The first-order chi connectivity index (χ1) is 8.97. The molecule has 1 aromatic carbocycles. The van der Waals surface area contributed by atoms with Crippen LogP contribution >= 0.6 is 0 Å². The highest BCUT2D eigenvalue weighted by Gasteiger charge is 2.31. The summed E-state index contributed by atoms with van der Waals surface area (Å²) in [6, 6.07) is 7.62. The summed E-state index contributed by atoms with van der Waals surface area (Å²) >= 11 is 0. The molecule has 2 rings (SSSR count). The Hall–Kier alpha value is -1.42. The number of non-ortho nitro benzene ring substituents is 1. The van der Waals surface area contributed by atoms with Crippen molar-refractivity contribution in [2.24, 2.45) is 11.8 Å². The minimum atomic E-state index is -0.339. The van der Waals surface area contributed by atoms with Crippen molar-refractivity contribution in [1.29, 1.82) is 0 Å². The molecule has 1 atom stereocenters. The van der Waals surface area contributed by atoms with Crippen molar-refractivity contribution in [1.82, 2.24) is 5.32 Å². The van der Waals surface area contributed by atoms with E-state index in [2.05, 4.69) is 26.1 Å². The molecule has 1 N–H and O–H groups in total. The van der Waals surface area contributed by atoms with E-state index in [1.54, 1.807) is 12.1 Å². The summed E-state index contributed by atoms with van der Waals surface area (Å²) in [5, 5.41) is 14.3. The van der Waals surface area contributed by atoms with E-state index >= 15 is 0 Å². The van der Waals surface area contributed by atoms with Gasteiger partial charge in [0.1, 0.15) is 0 Å². The predicted molar refractivity (Wildman–Crippen MR) is 76.0 cm³/mol. The second-order valence-corrected chi connectivity index (χ2v) is 5.91. The van der Waals surface area contributed by atoms with Crippen LogP contribution in [0, 0.1) is 22.0 Å². The van der Waals surface area contributed by atoms with Crippen LogP contribution in [-0.4, -0.2) is 11.0 Å². The van der Waals surface area contributed by atoms with Crippen molar-refractivity contribution >= 4 is 5.69 Å². The van der Waals surface area contributed by atoms with Gasteiger partial charge < -0.3 is 5.32 Å². The summed E-state index contributed by atoms with van der Waals surface area (Å²) in [5.74, 6) is 1.58. The maximum atomic E-state index is 10.8. The lowest BCUT2D eigenvalue weighted by Gasteiger charge is -2.40. The van der Waals surface area contributed by atoms with Gasteiger partial charge in [0.05, 0.1) is 4.92 Å². The van der Waals surface area contributed by atoms with E-state index < -0.39 is 0 Å². The van der Waals surface area contributed by atoms with Crippen LogP contribution < -0.4 is 5.32 Å². The zero-order valence-corrected chi connectivity index (χ0v) is 11.8. The molecule has 1 saturated carbocycles. The molecule has 1 fully saturated rings. The fourth-order valence-electron chi connectivity index (χ4n) is 2.70. The first kappa shape index (κ1) is 14.0. The molecule has 1 aliphatic carbocycles. The third-order valence-corrected chi connectivity index (χ3v) is 4.18. The maximum Gasteiger partial charge on any atom is 0.269 e. The molecular weight excluding hydrogens is 240 g/mol. The van der Waals surface area contributed by atoms with Crippen molar-refractivity contribution < 1.29 is 4.92 Å². The van der Waals surface area contributed by atoms with E-state index in [0.717, 1.165) is 17.4 Å². The maximum absolute atomic E-state index is 10.8. The number of nitro groups is 1. The molecule has 104 valence electrons. The number of hydrogen-bond donors (Lipinski definition) is 1. The van der Waals surface area contributed by atoms with Gasteiger partial charge in [-0.05, 0) is 37.2 Å². The zero-order chi connectivity index (χ0) is 14.0. The second-order valence-electron chi connectivity index (χ2n) is 5.91. The Kier molecular flexibility index (Phi) is 4.20. The summed E-state index contributed by atoms with van der Waals surface area (Å²) in [6.45, 7) is 6.61. The van der Waals surface area contributed by atoms with Gasteiger partial charge in [-0.15, -0.1) is 0 Å². The monoisotopic (exact) mass is 262 g/mol. The highest BCUT2D eigenvalue weighted by atomic mass is 16.6. The number of nitrogens with zero attached hydrogens (tertiary/aromatic N) is 1. The highest BCUT2D eigenvalue weighted by Crippen LogP contribution is 2.35. The zero-order valence-electron chi connectivity index (χ0n) is 11.8. The van der Waals surface area contributed by atoms with Crippen molar-refractivity contribution in [3.63, 3.8) is 0 Å². The van der Waals surface area contributed by atoms with E-state index in [1.165, 1.54) is 18.9 Å². The molecule has 1 aromatic rings. The fraction of sp³-hybridized carbons (Fsp3) is 0.600. The number of nitro benzene ring substituents is 1. The molecular formula is C15H22N2O2. The number of benzene rings is 1. The Morgan fingerprint density at radius 2 is 2.00 bits per heavy atom. The molecule has 0 heterocycles. The smallest absolute Gasteiger partial charge is 0.269 e. The molecule has 19 heavy (non-hydrogen) atoms. The third-order valence-electron chi connectivity index (χ3n) is 4.18. The van der Waals surface area contributed by atoms with Gasteiger partial charge in [0.25, 0.3) is 5.69 Å². The van der Waals surface area contributed by atoms with Gasteiger partial charge >= 0.3 is 0 Å². The molecule has 0 aliphatic heterocycles. The molecule has 1 unspecified atom stereocenters. The lowest BCUT2D eigenvalue weighted by atomic mass is 9.73. The molecule has 4 heteroatoms. The molecule has 4 nitrogen and oxygen atoms in total. The van der Waals surface area contributed by atoms with Gasteiger partial charge in [-0.2, -0.15) is 0 Å². The van der Waals surface area contributed by atoms with Crippen molar-refractivity contribution in [3.05, 3.63) is 39.9 Å². The van der Waals surface area contributed by atoms with E-state index in [9.17, 15) is 10.1 Å². The van der Waals surface area contributed by atoms with E-state index in [4.69, 9.17) is 0 Å². The second kappa shape index (κ2) is 5.70. The minimum absolute atomic E-state index is 0.165. The number of hydrogen-bond acceptors (Lipinski definition) is 3. The van der Waals surface area contributed by atoms with E-state index in [0.29, 0.717) is 6.04 Å². The Morgan fingerprint density at radius 3 is 2.58 bits per heavy atom. The quantitative estimate of drug-likeness (QED) is 0.650. The standard InChI is InChI=1S/C15H22N2O2/c1-10(2)13-7-14(8-13)16-11(3)12-5-4-6-15(9-12)17(18)19/h4-6,9-11,13-14,16H,7-8H2,1-3H3. The van der Waals surface area contributed by atoms with Crippen LogP contribution in [0.3, 0.4) is 0 Å². The molecule has 0 amide bonds. The lowest BCUT2D eigenvalue weighted by molar-refractivity contribution is -0.384. The van der Waals surface area contributed by atoms with Crippen LogP contribution in [-0.2, 0) is 0 Å². The molecule has 1 aliphatic rings. The van der Waals surface area contributed by atoms with Crippen molar-refractivity contribution in [3.8, 4) is 0 Å². The summed E-state index contributed by atoms with van der Waals surface area (Å²) < 4.78 is 0. The van der Waals surface area contributed by atoms with E-state index in [-0.39, 0.29) is 16.7 Å². The van der Waals surface area contributed by atoms with Crippen molar-refractivity contribution in [2.75, 3.05) is 0 Å². The number of nitrogens with one attached hydrogen (secondary N) is 1. The van der Waals surface area contributed by atoms with Gasteiger partial charge in [0.15, 0.2) is 0 Å². The van der Waals surface area contributed by atoms with Crippen LogP contribution in [0.4, 0.5) is 5.69 Å². The summed E-state index contributed by atoms with van der Waals surface area (Å²) in [7, 11) is 0. The van der Waals surface area contributed by atoms with E-state index in [1.807, 2.05) is 6.07 Å². The summed E-state index contributed by atoms with van der Waals surface area (Å²) in [6.07, 6.45) is 2.44. The van der Waals surface area contributed by atoms with Gasteiger partial charge in [-0.25, -0.2) is 0 Å². The normalized spacial score (nSPS) is 24.0. The van der Waals surface area contributed by atoms with Crippen LogP contribution in [0.2, 0.25) is 0 Å². The summed E-state index contributed by atoms with van der Waals surface area (Å²) in [5.41, 5.74) is 1.15. The first-order valence-electron chi connectivity index (χ1n) is 6.97. The molecule has 0 radical (unpaired) electrons.